The van der Waals surface area contributed by atoms with Gasteiger partial charge in [0.05, 0.1) is 16.6 Å². The molecule has 2 aromatic heterocycles. The zero-order valence-electron chi connectivity index (χ0n) is 13.7. The average Bonchev–Trinajstić information content (AvgIpc) is 2.94. The molecule has 4 N–H and O–H groups in total. The standard InChI is InChI=1S/C19H18N4O2/c1-22-15-5-3-2-4-14(15)18-16(22)10-11-17(24)23(18)13-8-6-12(7-9-13)19(20)21-25/h2-11,19,21,25H,20H2,1H3. The molecular formula is C19H18N4O2. The molecule has 0 saturated carbocycles. The van der Waals surface area contributed by atoms with E-state index in [0.29, 0.717) is 0 Å². The molecule has 126 valence electrons. The topological polar surface area (TPSA) is 85.2 Å². The van der Waals surface area contributed by atoms with Crippen LogP contribution in [0.15, 0.2) is 65.5 Å². The number of aromatic nitrogens is 2. The van der Waals surface area contributed by atoms with Gasteiger partial charge in [-0.15, -0.1) is 0 Å². The van der Waals surface area contributed by atoms with E-state index < -0.39 is 6.17 Å². The lowest BCUT2D eigenvalue weighted by Crippen LogP contribution is -2.25. The minimum Gasteiger partial charge on any atom is -0.342 e. The molecule has 0 radical (unpaired) electrons. The lowest BCUT2D eigenvalue weighted by Gasteiger charge is -2.12. The molecule has 0 aliphatic rings. The van der Waals surface area contributed by atoms with Gasteiger partial charge in [-0.05, 0) is 29.8 Å². The zero-order chi connectivity index (χ0) is 17.6. The molecule has 0 fully saturated rings. The van der Waals surface area contributed by atoms with Crippen molar-refractivity contribution in [1.82, 2.24) is 14.6 Å². The third kappa shape index (κ3) is 2.35. The first-order chi connectivity index (χ1) is 12.1. The van der Waals surface area contributed by atoms with Crippen LogP contribution in [0.4, 0.5) is 0 Å². The van der Waals surface area contributed by atoms with E-state index in [2.05, 4.69) is 4.57 Å². The van der Waals surface area contributed by atoms with Crippen LogP contribution in [0.2, 0.25) is 0 Å². The molecule has 2 heterocycles. The Morgan fingerprint density at radius 2 is 1.72 bits per heavy atom. The molecule has 0 spiro atoms. The van der Waals surface area contributed by atoms with E-state index in [-0.39, 0.29) is 5.56 Å². The fraction of sp³-hybridized carbons (Fsp3) is 0.105. The number of hydroxylamine groups is 1. The highest BCUT2D eigenvalue weighted by molar-refractivity contribution is 6.06. The van der Waals surface area contributed by atoms with Gasteiger partial charge in [0.15, 0.2) is 0 Å². The summed E-state index contributed by atoms with van der Waals surface area (Å²) in [6.07, 6.45) is -0.667. The van der Waals surface area contributed by atoms with Crippen molar-refractivity contribution >= 4 is 21.9 Å². The normalized spacial score (nSPS) is 12.8. The second kappa shape index (κ2) is 5.86. The van der Waals surface area contributed by atoms with E-state index in [1.807, 2.05) is 55.0 Å². The van der Waals surface area contributed by atoms with Crippen LogP contribution >= 0.6 is 0 Å². The maximum absolute atomic E-state index is 12.6. The highest BCUT2D eigenvalue weighted by atomic mass is 16.5. The van der Waals surface area contributed by atoms with Crippen molar-refractivity contribution in [1.29, 1.82) is 0 Å². The van der Waals surface area contributed by atoms with E-state index in [9.17, 15) is 4.79 Å². The molecule has 1 unspecified atom stereocenters. The van der Waals surface area contributed by atoms with Gasteiger partial charge in [-0.2, -0.15) is 5.48 Å². The van der Waals surface area contributed by atoms with Gasteiger partial charge in [-0.3, -0.25) is 9.36 Å². The van der Waals surface area contributed by atoms with E-state index in [1.165, 1.54) is 0 Å². The summed E-state index contributed by atoms with van der Waals surface area (Å²) in [6, 6.07) is 18.7. The SMILES string of the molecule is Cn1c2ccccc2c2c1ccc(=O)n2-c1ccc(C(N)NO)cc1. The number of benzene rings is 2. The molecule has 4 aromatic rings. The van der Waals surface area contributed by atoms with Gasteiger partial charge in [-0.1, -0.05) is 30.3 Å². The maximum atomic E-state index is 12.6. The van der Waals surface area contributed by atoms with Gasteiger partial charge in [0.2, 0.25) is 0 Å². The highest BCUT2D eigenvalue weighted by Gasteiger charge is 2.14. The van der Waals surface area contributed by atoms with Crippen LogP contribution in [0.5, 0.6) is 0 Å². The lowest BCUT2D eigenvalue weighted by atomic mass is 10.1. The molecule has 0 aliphatic carbocycles. The Balaban J connectivity index is 2.03. The minimum absolute atomic E-state index is 0.0961. The number of hydrogen-bond donors (Lipinski definition) is 3. The number of rotatable bonds is 3. The van der Waals surface area contributed by atoms with Crippen molar-refractivity contribution in [2.75, 3.05) is 0 Å². The summed E-state index contributed by atoms with van der Waals surface area (Å²) in [7, 11) is 1.99. The van der Waals surface area contributed by atoms with Gasteiger partial charge >= 0.3 is 0 Å². The van der Waals surface area contributed by atoms with Gasteiger partial charge < -0.3 is 15.5 Å². The quantitative estimate of drug-likeness (QED) is 0.397. The van der Waals surface area contributed by atoms with Crippen molar-refractivity contribution < 1.29 is 5.21 Å². The van der Waals surface area contributed by atoms with Gasteiger partial charge in [-0.25, -0.2) is 0 Å². The van der Waals surface area contributed by atoms with Crippen molar-refractivity contribution in [2.24, 2.45) is 12.8 Å². The summed E-state index contributed by atoms with van der Waals surface area (Å²) in [5.74, 6) is 0. The monoisotopic (exact) mass is 334 g/mol. The lowest BCUT2D eigenvalue weighted by molar-refractivity contribution is 0.128. The van der Waals surface area contributed by atoms with E-state index in [0.717, 1.165) is 33.2 Å². The fourth-order valence-corrected chi connectivity index (χ4v) is 3.32. The minimum atomic E-state index is -0.667. The van der Waals surface area contributed by atoms with Crippen molar-refractivity contribution in [3.8, 4) is 5.69 Å². The van der Waals surface area contributed by atoms with Crippen LogP contribution < -0.4 is 16.8 Å². The Kier molecular flexibility index (Phi) is 3.65. The van der Waals surface area contributed by atoms with Crippen LogP contribution in [-0.2, 0) is 7.05 Å². The zero-order valence-corrected chi connectivity index (χ0v) is 13.7. The second-order valence-corrected chi connectivity index (χ2v) is 6.02. The number of hydrogen-bond acceptors (Lipinski definition) is 4. The third-order valence-electron chi connectivity index (χ3n) is 4.60. The largest absolute Gasteiger partial charge is 0.342 e. The number of nitrogens with one attached hydrogen (secondary N) is 1. The van der Waals surface area contributed by atoms with Crippen molar-refractivity contribution in [3.05, 3.63) is 76.6 Å². The predicted molar refractivity (Wildman–Crippen MR) is 97.9 cm³/mol. The molecule has 0 saturated heterocycles. The molecule has 6 nitrogen and oxygen atoms in total. The van der Waals surface area contributed by atoms with Gasteiger partial charge in [0.25, 0.3) is 5.56 Å². The molecule has 0 bridgehead atoms. The fourth-order valence-electron chi connectivity index (χ4n) is 3.32. The number of aryl methyl sites for hydroxylation is 1. The number of nitrogens with two attached hydrogens (primary N) is 1. The van der Waals surface area contributed by atoms with Crippen LogP contribution in [0.1, 0.15) is 11.7 Å². The molecule has 25 heavy (non-hydrogen) atoms. The molecule has 0 aliphatic heterocycles. The highest BCUT2D eigenvalue weighted by Crippen LogP contribution is 2.28. The molecule has 1 atom stereocenters. The third-order valence-corrected chi connectivity index (χ3v) is 4.60. The number of pyridine rings is 1. The molecule has 2 aromatic carbocycles. The Hall–Kier alpha value is -2.93. The Morgan fingerprint density at radius 3 is 2.44 bits per heavy atom. The van der Waals surface area contributed by atoms with Gasteiger partial charge in [0.1, 0.15) is 6.17 Å². The predicted octanol–water partition coefficient (Wildman–Crippen LogP) is 2.42. The Labute approximate surface area is 143 Å². The summed E-state index contributed by atoms with van der Waals surface area (Å²) in [5, 5.41) is 9.97. The Bertz CT molecular complexity index is 1130. The van der Waals surface area contributed by atoms with E-state index >= 15 is 0 Å². The maximum Gasteiger partial charge on any atom is 0.255 e. The van der Waals surface area contributed by atoms with Gasteiger partial charge in [0, 0.05) is 24.2 Å². The summed E-state index contributed by atoms with van der Waals surface area (Å²) in [4.78, 5) is 12.6. The Morgan fingerprint density at radius 1 is 1.00 bits per heavy atom. The second-order valence-electron chi connectivity index (χ2n) is 6.02. The van der Waals surface area contributed by atoms with E-state index in [4.69, 9.17) is 10.9 Å². The van der Waals surface area contributed by atoms with Crippen LogP contribution in [0.3, 0.4) is 0 Å². The van der Waals surface area contributed by atoms with E-state index in [1.54, 1.807) is 22.8 Å². The van der Waals surface area contributed by atoms with Crippen molar-refractivity contribution in [2.45, 2.75) is 6.17 Å². The van der Waals surface area contributed by atoms with Crippen LogP contribution in [0.25, 0.3) is 27.6 Å². The molecule has 4 rings (SSSR count). The first-order valence-corrected chi connectivity index (χ1v) is 7.96. The average molecular weight is 334 g/mol. The first-order valence-electron chi connectivity index (χ1n) is 7.96. The number of nitrogens with zero attached hydrogens (tertiary/aromatic N) is 2. The smallest absolute Gasteiger partial charge is 0.255 e. The summed E-state index contributed by atoms with van der Waals surface area (Å²) in [5.41, 5.74) is 12.1. The summed E-state index contributed by atoms with van der Waals surface area (Å²) in [6.45, 7) is 0. The van der Waals surface area contributed by atoms with Crippen LogP contribution in [0, 0.1) is 0 Å². The molecular weight excluding hydrogens is 316 g/mol. The van der Waals surface area contributed by atoms with Crippen LogP contribution in [-0.4, -0.2) is 14.3 Å². The number of para-hydroxylation sites is 1. The molecule has 6 heteroatoms. The summed E-state index contributed by atoms with van der Waals surface area (Å²) >= 11 is 0. The van der Waals surface area contributed by atoms with Crippen molar-refractivity contribution in [3.63, 3.8) is 0 Å². The molecule has 0 amide bonds. The first kappa shape index (κ1) is 15.6. The summed E-state index contributed by atoms with van der Waals surface area (Å²) < 4.78 is 3.79. The number of fused-ring (bicyclic) bond motifs is 3.